The number of benzene rings is 2. The number of carbonyl (C=O) groups excluding carboxylic acids is 2. The fraction of sp³-hybridized carbons (Fsp3) is 0.300. The SMILES string of the molecule is COc1cccc(NC(=O)CCN(Cc2ccccc2OC)C(C)=O)c1. The first-order valence-electron chi connectivity index (χ1n) is 8.34. The molecule has 26 heavy (non-hydrogen) atoms. The quantitative estimate of drug-likeness (QED) is 0.789. The van der Waals surface area contributed by atoms with E-state index in [1.165, 1.54) is 6.92 Å². The van der Waals surface area contributed by atoms with Gasteiger partial charge in [0.1, 0.15) is 11.5 Å². The molecule has 1 N–H and O–H groups in total. The van der Waals surface area contributed by atoms with Gasteiger partial charge in [0.05, 0.1) is 14.2 Å². The molecule has 0 unspecified atom stereocenters. The number of hydrogen-bond donors (Lipinski definition) is 1. The number of para-hydroxylation sites is 1. The summed E-state index contributed by atoms with van der Waals surface area (Å²) in [6, 6.07) is 14.7. The maximum Gasteiger partial charge on any atom is 0.226 e. The van der Waals surface area contributed by atoms with Gasteiger partial charge < -0.3 is 19.7 Å². The van der Waals surface area contributed by atoms with Crippen molar-refractivity contribution in [3.8, 4) is 11.5 Å². The molecule has 2 aromatic carbocycles. The molecule has 0 saturated carbocycles. The van der Waals surface area contributed by atoms with E-state index in [2.05, 4.69) is 5.32 Å². The molecule has 0 aliphatic rings. The van der Waals surface area contributed by atoms with E-state index in [0.29, 0.717) is 24.5 Å². The molecule has 0 aromatic heterocycles. The predicted octanol–water partition coefficient (Wildman–Crippen LogP) is 3.08. The van der Waals surface area contributed by atoms with Crippen LogP contribution in [0.4, 0.5) is 5.69 Å². The minimum absolute atomic E-state index is 0.0925. The van der Waals surface area contributed by atoms with Crippen LogP contribution in [-0.4, -0.2) is 37.5 Å². The van der Waals surface area contributed by atoms with Crippen molar-refractivity contribution in [1.29, 1.82) is 0 Å². The number of carbonyl (C=O) groups is 2. The number of hydrogen-bond acceptors (Lipinski definition) is 4. The van der Waals surface area contributed by atoms with Crippen molar-refractivity contribution >= 4 is 17.5 Å². The summed E-state index contributed by atoms with van der Waals surface area (Å²) in [5.41, 5.74) is 1.56. The van der Waals surface area contributed by atoms with Crippen LogP contribution in [-0.2, 0) is 16.1 Å². The lowest BCUT2D eigenvalue weighted by Crippen LogP contribution is -2.31. The zero-order valence-corrected chi connectivity index (χ0v) is 15.3. The summed E-state index contributed by atoms with van der Waals surface area (Å²) < 4.78 is 10.5. The van der Waals surface area contributed by atoms with E-state index in [9.17, 15) is 9.59 Å². The first-order valence-corrected chi connectivity index (χ1v) is 8.34. The van der Waals surface area contributed by atoms with E-state index in [0.717, 1.165) is 11.3 Å². The zero-order chi connectivity index (χ0) is 18.9. The molecule has 0 spiro atoms. The molecule has 0 fully saturated rings. The molecule has 0 atom stereocenters. The number of anilines is 1. The molecular formula is C20H24N2O4. The molecule has 2 rings (SSSR count). The third kappa shape index (κ3) is 5.51. The zero-order valence-electron chi connectivity index (χ0n) is 15.3. The lowest BCUT2D eigenvalue weighted by Gasteiger charge is -2.22. The fourth-order valence-electron chi connectivity index (χ4n) is 2.55. The minimum Gasteiger partial charge on any atom is -0.497 e. The smallest absolute Gasteiger partial charge is 0.226 e. The standard InChI is InChI=1S/C20H24N2O4/c1-15(23)22(14-16-7-4-5-10-19(16)26-3)12-11-20(24)21-17-8-6-9-18(13-17)25-2/h4-10,13H,11-12,14H2,1-3H3,(H,21,24). The van der Waals surface area contributed by atoms with Crippen molar-refractivity contribution in [1.82, 2.24) is 4.90 Å². The number of nitrogens with one attached hydrogen (secondary N) is 1. The van der Waals surface area contributed by atoms with Crippen LogP contribution in [0.3, 0.4) is 0 Å². The van der Waals surface area contributed by atoms with Crippen molar-refractivity contribution < 1.29 is 19.1 Å². The monoisotopic (exact) mass is 356 g/mol. The van der Waals surface area contributed by atoms with Crippen molar-refractivity contribution in [2.24, 2.45) is 0 Å². The van der Waals surface area contributed by atoms with E-state index < -0.39 is 0 Å². The summed E-state index contributed by atoms with van der Waals surface area (Å²) in [5, 5.41) is 2.82. The summed E-state index contributed by atoms with van der Waals surface area (Å²) in [6.07, 6.45) is 0.200. The third-order valence-corrected chi connectivity index (χ3v) is 3.96. The van der Waals surface area contributed by atoms with E-state index in [-0.39, 0.29) is 18.2 Å². The molecule has 6 heteroatoms. The summed E-state index contributed by atoms with van der Waals surface area (Å²) in [5.74, 6) is 1.14. The van der Waals surface area contributed by atoms with Crippen LogP contribution in [0.2, 0.25) is 0 Å². The molecular weight excluding hydrogens is 332 g/mol. The van der Waals surface area contributed by atoms with Gasteiger partial charge in [-0.05, 0) is 18.2 Å². The van der Waals surface area contributed by atoms with Crippen LogP contribution in [0.25, 0.3) is 0 Å². The Morgan fingerprint density at radius 1 is 1.04 bits per heavy atom. The molecule has 0 radical (unpaired) electrons. The van der Waals surface area contributed by atoms with Gasteiger partial charge in [0.15, 0.2) is 0 Å². The van der Waals surface area contributed by atoms with Gasteiger partial charge in [-0.25, -0.2) is 0 Å². The number of amides is 2. The van der Waals surface area contributed by atoms with Crippen LogP contribution in [0, 0.1) is 0 Å². The first-order chi connectivity index (χ1) is 12.5. The van der Waals surface area contributed by atoms with Crippen LogP contribution in [0.15, 0.2) is 48.5 Å². The number of methoxy groups -OCH3 is 2. The van der Waals surface area contributed by atoms with Crippen LogP contribution in [0.1, 0.15) is 18.9 Å². The van der Waals surface area contributed by atoms with E-state index >= 15 is 0 Å². The van der Waals surface area contributed by atoms with Gasteiger partial charge in [0.2, 0.25) is 11.8 Å². The van der Waals surface area contributed by atoms with E-state index in [4.69, 9.17) is 9.47 Å². The molecule has 0 heterocycles. The van der Waals surface area contributed by atoms with Crippen LogP contribution in [0.5, 0.6) is 11.5 Å². The Morgan fingerprint density at radius 3 is 2.50 bits per heavy atom. The summed E-state index contributed by atoms with van der Waals surface area (Å²) in [7, 11) is 3.17. The highest BCUT2D eigenvalue weighted by Gasteiger charge is 2.14. The Kier molecular flexibility index (Phi) is 7.02. The second kappa shape index (κ2) is 9.46. The first kappa shape index (κ1) is 19.3. The van der Waals surface area contributed by atoms with Gasteiger partial charge in [0, 0.05) is 43.8 Å². The maximum atomic E-state index is 12.2. The van der Waals surface area contributed by atoms with Gasteiger partial charge >= 0.3 is 0 Å². The van der Waals surface area contributed by atoms with Crippen molar-refractivity contribution in [2.75, 3.05) is 26.1 Å². The van der Waals surface area contributed by atoms with Gasteiger partial charge in [-0.15, -0.1) is 0 Å². The molecule has 2 aromatic rings. The van der Waals surface area contributed by atoms with E-state index in [1.54, 1.807) is 43.4 Å². The fourth-order valence-corrected chi connectivity index (χ4v) is 2.55. The maximum absolute atomic E-state index is 12.2. The highest BCUT2D eigenvalue weighted by Crippen LogP contribution is 2.20. The summed E-state index contributed by atoms with van der Waals surface area (Å²) in [4.78, 5) is 25.8. The largest absolute Gasteiger partial charge is 0.497 e. The molecule has 0 aliphatic heterocycles. The van der Waals surface area contributed by atoms with E-state index in [1.807, 2.05) is 24.3 Å². The molecule has 6 nitrogen and oxygen atoms in total. The van der Waals surface area contributed by atoms with Gasteiger partial charge in [-0.3, -0.25) is 9.59 Å². The lowest BCUT2D eigenvalue weighted by molar-refractivity contribution is -0.129. The van der Waals surface area contributed by atoms with Crippen LogP contribution < -0.4 is 14.8 Å². The average molecular weight is 356 g/mol. The summed E-state index contributed by atoms with van der Waals surface area (Å²) >= 11 is 0. The average Bonchev–Trinajstić information content (AvgIpc) is 2.65. The number of rotatable bonds is 8. The normalized spacial score (nSPS) is 10.1. The third-order valence-electron chi connectivity index (χ3n) is 3.96. The Hall–Kier alpha value is -3.02. The van der Waals surface area contributed by atoms with Gasteiger partial charge in [-0.2, -0.15) is 0 Å². The van der Waals surface area contributed by atoms with Gasteiger partial charge in [0.25, 0.3) is 0 Å². The lowest BCUT2D eigenvalue weighted by atomic mass is 10.2. The molecule has 2 amide bonds. The number of nitrogens with zero attached hydrogens (tertiary/aromatic N) is 1. The number of ether oxygens (including phenoxy) is 2. The molecule has 0 bridgehead atoms. The Bertz CT molecular complexity index is 761. The predicted molar refractivity (Wildman–Crippen MR) is 100 cm³/mol. The Morgan fingerprint density at radius 2 is 1.81 bits per heavy atom. The van der Waals surface area contributed by atoms with Crippen molar-refractivity contribution in [3.63, 3.8) is 0 Å². The minimum atomic E-state index is -0.162. The van der Waals surface area contributed by atoms with Crippen molar-refractivity contribution in [3.05, 3.63) is 54.1 Å². The highest BCUT2D eigenvalue weighted by molar-refractivity contribution is 5.91. The second-order valence-corrected chi connectivity index (χ2v) is 5.78. The Balaban J connectivity index is 1.95. The van der Waals surface area contributed by atoms with Crippen LogP contribution >= 0.6 is 0 Å². The van der Waals surface area contributed by atoms with Crippen molar-refractivity contribution in [2.45, 2.75) is 19.9 Å². The highest BCUT2D eigenvalue weighted by atomic mass is 16.5. The van der Waals surface area contributed by atoms with Gasteiger partial charge in [-0.1, -0.05) is 24.3 Å². The summed E-state index contributed by atoms with van der Waals surface area (Å²) in [6.45, 7) is 2.21. The Labute approximate surface area is 153 Å². The topological polar surface area (TPSA) is 67.9 Å². The molecule has 0 saturated heterocycles. The second-order valence-electron chi connectivity index (χ2n) is 5.78. The molecule has 0 aliphatic carbocycles. The molecule has 138 valence electrons.